The number of carbonyl (C=O) groups is 3. The van der Waals surface area contributed by atoms with Crippen LogP contribution in [0.1, 0.15) is 75.6 Å². The van der Waals surface area contributed by atoms with Crippen LogP contribution in [-0.2, 0) is 58.5 Å². The average molecular weight is 893 g/mol. The third-order valence-electron chi connectivity index (χ3n) is 12.6. The van der Waals surface area contributed by atoms with Crippen molar-refractivity contribution in [1.29, 1.82) is 0 Å². The third kappa shape index (κ3) is 8.64. The Balaban J connectivity index is 0.983. The lowest BCUT2D eigenvalue weighted by atomic mass is 9.85. The number of esters is 2. The fourth-order valence-electron chi connectivity index (χ4n) is 8.94. The van der Waals surface area contributed by atoms with E-state index in [0.717, 1.165) is 27.6 Å². The largest absolute Gasteiger partial charge is 0.462 e. The monoisotopic (exact) mass is 892 g/mol. The van der Waals surface area contributed by atoms with Crippen molar-refractivity contribution >= 4 is 52.0 Å². The Morgan fingerprint density at radius 3 is 2.55 bits per heavy atom. The Kier molecular flexibility index (Phi) is 13.0. The molecule has 0 spiro atoms. The number of amides is 1. The summed E-state index contributed by atoms with van der Waals surface area (Å²) in [5.74, 6) is -2.77. The maximum absolute atomic E-state index is 14.4. The second kappa shape index (κ2) is 18.4. The molecule has 2 aromatic heterocycles. The molecule has 1 saturated heterocycles. The molecule has 1 fully saturated rings. The standard InChI is InChI=1S/C48H52N4O11S/c1-6-48(35-21-37-39-31(19-29-9-7-8-10-36(29)50-39)23-52(37)44(56)34(35)24-60-47(48)58)63-45(57)38(25(2)3)51-43(55)30(17-28-15-16-49-22-28)20-33(64)18-27-11-13-32(14-12-27)62-46-41(54)42(59-5)40(53)26(4)61-46/h7-14,16,19,21-22,25-26,30,38,40-42,46,53-54H,6,15,17-18,20,23-24H2,1-5H3,(H,51,55)/t26-,30+,38-,40+,41-,42+,46+,48-/m0/s1. The molecule has 0 unspecified atom stereocenters. The quantitative estimate of drug-likeness (QED) is 0.0940. The molecule has 0 aliphatic carbocycles. The van der Waals surface area contributed by atoms with Crippen molar-refractivity contribution in [3.8, 4) is 17.1 Å². The van der Waals surface area contributed by atoms with Crippen LogP contribution >= 0.6 is 12.2 Å². The smallest absolute Gasteiger partial charge is 0.355 e. The Morgan fingerprint density at radius 2 is 1.84 bits per heavy atom. The summed E-state index contributed by atoms with van der Waals surface area (Å²) in [6.45, 7) is 6.91. The van der Waals surface area contributed by atoms with Gasteiger partial charge in [-0.1, -0.05) is 63.3 Å². The number of ether oxygens (including phenoxy) is 5. The lowest BCUT2D eigenvalue weighted by molar-refractivity contribution is -0.272. The summed E-state index contributed by atoms with van der Waals surface area (Å²) >= 11 is 5.87. The molecular formula is C48H52N4O11S. The van der Waals surface area contributed by atoms with Crippen LogP contribution in [0.3, 0.4) is 0 Å². The summed E-state index contributed by atoms with van der Waals surface area (Å²) in [5.41, 5.74) is 2.68. The molecule has 0 bridgehead atoms. The summed E-state index contributed by atoms with van der Waals surface area (Å²) in [5, 5.41) is 24.9. The number of nitrogens with one attached hydrogen (secondary N) is 1. The highest BCUT2D eigenvalue weighted by Gasteiger charge is 2.52. The van der Waals surface area contributed by atoms with Crippen LogP contribution in [-0.4, -0.2) is 92.5 Å². The van der Waals surface area contributed by atoms with Gasteiger partial charge in [-0.25, -0.2) is 14.6 Å². The Bertz CT molecular complexity index is 2610. The van der Waals surface area contributed by atoms with Crippen LogP contribution in [0, 0.1) is 11.8 Å². The minimum Gasteiger partial charge on any atom is -0.462 e. The number of carbonyl (C=O) groups excluding carboxylic acids is 3. The van der Waals surface area contributed by atoms with Gasteiger partial charge in [0.25, 0.3) is 5.56 Å². The summed E-state index contributed by atoms with van der Waals surface area (Å²) in [7, 11) is 1.40. The summed E-state index contributed by atoms with van der Waals surface area (Å²) < 4.78 is 30.3. The van der Waals surface area contributed by atoms with E-state index in [1.807, 2.05) is 42.5 Å². The third-order valence-corrected chi connectivity index (χ3v) is 12.9. The summed E-state index contributed by atoms with van der Waals surface area (Å²) in [4.78, 5) is 66.4. The highest BCUT2D eigenvalue weighted by atomic mass is 32.1. The normalized spacial score (nSPS) is 24.3. The van der Waals surface area contributed by atoms with E-state index in [0.29, 0.717) is 47.8 Å². The number of fused-ring (bicyclic) bond motifs is 5. The molecule has 1 amide bonds. The van der Waals surface area contributed by atoms with Crippen molar-refractivity contribution in [3.63, 3.8) is 0 Å². The molecular weight excluding hydrogens is 841 g/mol. The van der Waals surface area contributed by atoms with Gasteiger partial charge in [-0.2, -0.15) is 0 Å². The first kappa shape index (κ1) is 44.9. The zero-order valence-corrected chi connectivity index (χ0v) is 37.1. The zero-order valence-electron chi connectivity index (χ0n) is 36.3. The predicted molar refractivity (Wildman–Crippen MR) is 240 cm³/mol. The maximum Gasteiger partial charge on any atom is 0.355 e. The summed E-state index contributed by atoms with van der Waals surface area (Å²) in [6, 6.07) is 17.3. The number of nitrogens with zero attached hydrogens (tertiary/aromatic N) is 3. The predicted octanol–water partition coefficient (Wildman–Crippen LogP) is 5.00. The van der Waals surface area contributed by atoms with Gasteiger partial charge in [0.05, 0.1) is 35.1 Å². The number of allylic oxidation sites excluding steroid dienone is 1. The lowest BCUT2D eigenvalue weighted by Gasteiger charge is -2.40. The number of aliphatic hydroxyl groups excluding tert-OH is 2. The first-order valence-corrected chi connectivity index (χ1v) is 22.0. The number of aliphatic imine (C=N–C) groups is 1. The number of rotatable bonds is 15. The highest BCUT2D eigenvalue weighted by Crippen LogP contribution is 2.41. The lowest BCUT2D eigenvalue weighted by Crippen LogP contribution is -2.59. The van der Waals surface area contributed by atoms with Crippen molar-refractivity contribution in [2.75, 3.05) is 7.11 Å². The molecule has 15 nitrogen and oxygen atoms in total. The number of benzene rings is 2. The van der Waals surface area contributed by atoms with Gasteiger partial charge in [-0.3, -0.25) is 14.6 Å². The second-order valence-corrected chi connectivity index (χ2v) is 17.8. The van der Waals surface area contributed by atoms with Crippen molar-refractivity contribution in [2.24, 2.45) is 16.8 Å². The van der Waals surface area contributed by atoms with Crippen LogP contribution in [0.25, 0.3) is 22.3 Å². The Hall–Kier alpha value is -5.65. The zero-order chi connectivity index (χ0) is 45.4. The van der Waals surface area contributed by atoms with E-state index in [1.54, 1.807) is 62.9 Å². The van der Waals surface area contributed by atoms with Gasteiger partial charge in [-0.05, 0) is 78.4 Å². The number of hydrogen-bond acceptors (Lipinski definition) is 14. The van der Waals surface area contributed by atoms with Gasteiger partial charge < -0.3 is 43.8 Å². The average Bonchev–Trinajstić information content (AvgIpc) is 3.93. The number of para-hydroxylation sites is 1. The van der Waals surface area contributed by atoms with E-state index in [2.05, 4.69) is 10.3 Å². The molecule has 16 heteroatoms. The highest BCUT2D eigenvalue weighted by molar-refractivity contribution is 7.80. The fraction of sp³-hybridized carbons (Fsp3) is 0.438. The Morgan fingerprint density at radius 1 is 1.08 bits per heavy atom. The molecule has 64 heavy (non-hydrogen) atoms. The number of aliphatic hydroxyl groups is 2. The van der Waals surface area contributed by atoms with E-state index in [1.165, 1.54) is 7.11 Å². The molecule has 4 aliphatic heterocycles. The molecule has 336 valence electrons. The van der Waals surface area contributed by atoms with E-state index < -0.39 is 72.0 Å². The molecule has 0 radical (unpaired) electrons. The van der Waals surface area contributed by atoms with E-state index in [-0.39, 0.29) is 36.1 Å². The number of methoxy groups -OCH3 is 1. The minimum absolute atomic E-state index is 0.0314. The molecule has 8 rings (SSSR count). The minimum atomic E-state index is -1.96. The van der Waals surface area contributed by atoms with Crippen molar-refractivity contribution in [2.45, 2.75) is 115 Å². The molecule has 2 aromatic carbocycles. The van der Waals surface area contributed by atoms with Crippen LogP contribution < -0.4 is 15.6 Å². The van der Waals surface area contributed by atoms with Gasteiger partial charge in [0, 0.05) is 54.8 Å². The number of pyridine rings is 2. The Labute approximate surface area is 375 Å². The van der Waals surface area contributed by atoms with Crippen molar-refractivity contribution in [1.82, 2.24) is 14.9 Å². The first-order chi connectivity index (χ1) is 30.7. The molecule has 0 saturated carbocycles. The molecule has 6 heterocycles. The number of thiocarbonyl (C=S) groups is 1. The van der Waals surface area contributed by atoms with Crippen LogP contribution in [0.2, 0.25) is 0 Å². The van der Waals surface area contributed by atoms with Gasteiger partial charge in [-0.15, -0.1) is 0 Å². The summed E-state index contributed by atoms with van der Waals surface area (Å²) in [6.07, 6.45) is 0.172. The molecule has 4 aliphatic rings. The molecule has 3 N–H and O–H groups in total. The van der Waals surface area contributed by atoms with Gasteiger partial charge >= 0.3 is 11.9 Å². The SMILES string of the molecule is CC[C@@]1(OC(=O)[C@@H](NC(=O)[C@@H](CC(=S)Cc2ccc(O[C@H]3O[C@@H](C)[C@@H](O)[C@@H](OC)[C@@H]3O)cc2)CC2=CN=CC2)C(C)C)C(=O)OCc2c1cc1n(c2=O)Cc2cc3ccccc3nc2-1. The topological polar surface area (TPSA) is 197 Å². The van der Waals surface area contributed by atoms with Crippen molar-refractivity contribution in [3.05, 3.63) is 105 Å². The van der Waals surface area contributed by atoms with Gasteiger partial charge in [0.2, 0.25) is 17.8 Å². The van der Waals surface area contributed by atoms with Gasteiger partial charge in [0.15, 0.2) is 0 Å². The molecule has 4 aromatic rings. The van der Waals surface area contributed by atoms with Crippen LogP contribution in [0.5, 0.6) is 5.75 Å². The van der Waals surface area contributed by atoms with Gasteiger partial charge in [0.1, 0.15) is 36.7 Å². The van der Waals surface area contributed by atoms with E-state index in [9.17, 15) is 29.4 Å². The number of aromatic nitrogens is 2. The number of cyclic esters (lactones) is 1. The fourth-order valence-corrected chi connectivity index (χ4v) is 9.31. The first-order valence-electron chi connectivity index (χ1n) is 21.6. The number of hydrogen-bond donors (Lipinski definition) is 3. The van der Waals surface area contributed by atoms with Crippen LogP contribution in [0.4, 0.5) is 0 Å². The van der Waals surface area contributed by atoms with E-state index in [4.69, 9.17) is 40.9 Å². The van der Waals surface area contributed by atoms with E-state index >= 15 is 0 Å². The second-order valence-electron chi connectivity index (χ2n) is 17.2. The molecule has 8 atom stereocenters. The van der Waals surface area contributed by atoms with Crippen molar-refractivity contribution < 1.29 is 48.3 Å². The maximum atomic E-state index is 14.4. The van der Waals surface area contributed by atoms with Crippen LogP contribution in [0.15, 0.2) is 82.2 Å².